The van der Waals surface area contributed by atoms with Crippen LogP contribution in [0.25, 0.3) is 0 Å². The zero-order chi connectivity index (χ0) is 14.4. The molecular formula is C14H25N3O2. The van der Waals surface area contributed by atoms with Crippen LogP contribution < -0.4 is 5.32 Å². The molecule has 0 saturated heterocycles. The molecule has 19 heavy (non-hydrogen) atoms. The predicted molar refractivity (Wildman–Crippen MR) is 75.3 cm³/mol. The van der Waals surface area contributed by atoms with E-state index >= 15 is 0 Å². The first-order valence-corrected chi connectivity index (χ1v) is 7.00. The van der Waals surface area contributed by atoms with Gasteiger partial charge in [-0.15, -0.1) is 0 Å². The summed E-state index contributed by atoms with van der Waals surface area (Å²) in [6.07, 6.45) is 2.53. The fourth-order valence-electron chi connectivity index (χ4n) is 2.27. The number of aromatic nitrogens is 2. The van der Waals surface area contributed by atoms with Crippen LogP contribution >= 0.6 is 0 Å². The van der Waals surface area contributed by atoms with Gasteiger partial charge in [-0.2, -0.15) is 5.10 Å². The summed E-state index contributed by atoms with van der Waals surface area (Å²) in [5, 5.41) is 17.1. The zero-order valence-electron chi connectivity index (χ0n) is 12.4. The SMILES string of the molecule is CCCNCc1c(C)nn(C(CCC)C(=O)O)c1C. The Morgan fingerprint density at radius 2 is 2.05 bits per heavy atom. The molecule has 0 aliphatic rings. The van der Waals surface area contributed by atoms with Gasteiger partial charge >= 0.3 is 5.97 Å². The van der Waals surface area contributed by atoms with Crippen molar-refractivity contribution in [2.24, 2.45) is 0 Å². The fourth-order valence-corrected chi connectivity index (χ4v) is 2.27. The number of carbonyl (C=O) groups is 1. The Morgan fingerprint density at radius 3 is 2.58 bits per heavy atom. The van der Waals surface area contributed by atoms with Crippen LogP contribution in [0.15, 0.2) is 0 Å². The van der Waals surface area contributed by atoms with Crippen molar-refractivity contribution in [3.8, 4) is 0 Å². The lowest BCUT2D eigenvalue weighted by Gasteiger charge is -2.14. The zero-order valence-corrected chi connectivity index (χ0v) is 12.4. The largest absolute Gasteiger partial charge is 0.480 e. The smallest absolute Gasteiger partial charge is 0.328 e. The standard InChI is InChI=1S/C14H25N3O2/c1-5-7-13(14(18)19)17-11(4)12(10(3)16-17)9-15-8-6-2/h13,15H,5-9H2,1-4H3,(H,18,19). The molecule has 0 bridgehead atoms. The van der Waals surface area contributed by atoms with Crippen LogP contribution in [0.4, 0.5) is 0 Å². The number of carboxylic acids is 1. The van der Waals surface area contributed by atoms with Gasteiger partial charge in [0.05, 0.1) is 5.69 Å². The Morgan fingerprint density at radius 1 is 1.37 bits per heavy atom. The molecular weight excluding hydrogens is 242 g/mol. The number of hydrogen-bond acceptors (Lipinski definition) is 3. The van der Waals surface area contributed by atoms with Gasteiger partial charge < -0.3 is 10.4 Å². The average Bonchev–Trinajstić information content (AvgIpc) is 2.63. The van der Waals surface area contributed by atoms with Crippen LogP contribution in [-0.4, -0.2) is 27.4 Å². The Kier molecular flexibility index (Phi) is 6.02. The molecule has 1 rings (SSSR count). The van der Waals surface area contributed by atoms with E-state index < -0.39 is 12.0 Å². The first kappa shape index (κ1) is 15.7. The Balaban J connectivity index is 2.96. The molecule has 0 aliphatic carbocycles. The second-order valence-electron chi connectivity index (χ2n) is 4.91. The van der Waals surface area contributed by atoms with E-state index in [-0.39, 0.29) is 0 Å². The molecule has 0 saturated carbocycles. The fraction of sp³-hybridized carbons (Fsp3) is 0.714. The maximum absolute atomic E-state index is 11.3. The summed E-state index contributed by atoms with van der Waals surface area (Å²) in [7, 11) is 0. The monoisotopic (exact) mass is 267 g/mol. The maximum atomic E-state index is 11.3. The van der Waals surface area contributed by atoms with Gasteiger partial charge in [-0.3, -0.25) is 4.68 Å². The molecule has 1 heterocycles. The van der Waals surface area contributed by atoms with Crippen LogP contribution in [-0.2, 0) is 11.3 Å². The number of aryl methyl sites for hydroxylation is 1. The molecule has 0 spiro atoms. The van der Waals surface area contributed by atoms with Gasteiger partial charge in [0.1, 0.15) is 6.04 Å². The minimum Gasteiger partial charge on any atom is -0.480 e. The molecule has 1 aromatic rings. The number of nitrogens with zero attached hydrogens (tertiary/aromatic N) is 2. The molecule has 5 heteroatoms. The van der Waals surface area contributed by atoms with Crippen LogP contribution in [0.5, 0.6) is 0 Å². The van der Waals surface area contributed by atoms with Gasteiger partial charge in [0.15, 0.2) is 0 Å². The van der Waals surface area contributed by atoms with Crippen LogP contribution in [0.2, 0.25) is 0 Å². The second kappa shape index (κ2) is 7.28. The predicted octanol–water partition coefficient (Wildman–Crippen LogP) is 2.43. The van der Waals surface area contributed by atoms with Crippen molar-refractivity contribution in [1.82, 2.24) is 15.1 Å². The number of carboxylic acid groups (broad SMARTS) is 1. The minimum atomic E-state index is -0.805. The topological polar surface area (TPSA) is 67.2 Å². The highest BCUT2D eigenvalue weighted by Gasteiger charge is 2.23. The Bertz CT molecular complexity index is 427. The van der Waals surface area contributed by atoms with Gasteiger partial charge in [0, 0.05) is 17.8 Å². The van der Waals surface area contributed by atoms with Gasteiger partial charge in [-0.1, -0.05) is 20.3 Å². The van der Waals surface area contributed by atoms with E-state index in [9.17, 15) is 9.90 Å². The van der Waals surface area contributed by atoms with E-state index in [1.807, 2.05) is 20.8 Å². The lowest BCUT2D eigenvalue weighted by molar-refractivity contribution is -0.141. The molecule has 1 atom stereocenters. The summed E-state index contributed by atoms with van der Waals surface area (Å²) in [6.45, 7) is 9.72. The molecule has 0 radical (unpaired) electrons. The molecule has 2 N–H and O–H groups in total. The highest BCUT2D eigenvalue weighted by atomic mass is 16.4. The summed E-state index contributed by atoms with van der Waals surface area (Å²) in [5.41, 5.74) is 3.00. The molecule has 0 fully saturated rings. The van der Waals surface area contributed by atoms with Crippen LogP contribution in [0, 0.1) is 13.8 Å². The van der Waals surface area contributed by atoms with Crippen molar-refractivity contribution in [1.29, 1.82) is 0 Å². The lowest BCUT2D eigenvalue weighted by atomic mass is 10.1. The summed E-state index contributed by atoms with van der Waals surface area (Å²) in [4.78, 5) is 11.3. The molecule has 1 aromatic heterocycles. The summed E-state index contributed by atoms with van der Waals surface area (Å²) in [5.74, 6) is -0.805. The maximum Gasteiger partial charge on any atom is 0.328 e. The van der Waals surface area contributed by atoms with Gasteiger partial charge in [0.25, 0.3) is 0 Å². The van der Waals surface area contributed by atoms with E-state index in [0.717, 1.165) is 42.9 Å². The number of nitrogens with one attached hydrogen (secondary N) is 1. The molecule has 0 aromatic carbocycles. The van der Waals surface area contributed by atoms with Gasteiger partial charge in [-0.05, 0) is 33.2 Å². The van der Waals surface area contributed by atoms with Crippen LogP contribution in [0.1, 0.15) is 56.1 Å². The second-order valence-corrected chi connectivity index (χ2v) is 4.91. The van der Waals surface area contributed by atoms with Gasteiger partial charge in [0.2, 0.25) is 0 Å². The molecule has 1 unspecified atom stereocenters. The molecule has 108 valence electrons. The Labute approximate surface area is 115 Å². The van der Waals surface area contributed by atoms with E-state index in [1.54, 1.807) is 4.68 Å². The highest BCUT2D eigenvalue weighted by Crippen LogP contribution is 2.21. The van der Waals surface area contributed by atoms with Crippen molar-refractivity contribution >= 4 is 5.97 Å². The number of hydrogen-bond donors (Lipinski definition) is 2. The highest BCUT2D eigenvalue weighted by molar-refractivity contribution is 5.71. The van der Waals surface area contributed by atoms with Crippen LogP contribution in [0.3, 0.4) is 0 Å². The lowest BCUT2D eigenvalue weighted by Crippen LogP contribution is -2.21. The minimum absolute atomic E-state index is 0.552. The molecule has 0 aliphatic heterocycles. The molecule has 5 nitrogen and oxygen atoms in total. The first-order chi connectivity index (χ1) is 9.02. The summed E-state index contributed by atoms with van der Waals surface area (Å²) < 4.78 is 1.67. The van der Waals surface area contributed by atoms with Crippen molar-refractivity contribution in [3.63, 3.8) is 0 Å². The third-order valence-corrected chi connectivity index (χ3v) is 3.35. The average molecular weight is 267 g/mol. The van der Waals surface area contributed by atoms with Crippen molar-refractivity contribution in [3.05, 3.63) is 17.0 Å². The van der Waals surface area contributed by atoms with Crippen molar-refractivity contribution < 1.29 is 9.90 Å². The van der Waals surface area contributed by atoms with Crippen molar-refractivity contribution in [2.45, 2.75) is 59.5 Å². The van der Waals surface area contributed by atoms with E-state index in [4.69, 9.17) is 0 Å². The third kappa shape index (κ3) is 3.80. The van der Waals surface area contributed by atoms with Gasteiger partial charge in [-0.25, -0.2) is 4.79 Å². The first-order valence-electron chi connectivity index (χ1n) is 7.00. The van der Waals surface area contributed by atoms with E-state index in [2.05, 4.69) is 17.3 Å². The Hall–Kier alpha value is -1.36. The normalized spacial score (nSPS) is 12.6. The summed E-state index contributed by atoms with van der Waals surface area (Å²) >= 11 is 0. The number of aliphatic carboxylic acids is 1. The number of rotatable bonds is 8. The molecule has 0 amide bonds. The van der Waals surface area contributed by atoms with E-state index in [0.29, 0.717) is 6.42 Å². The van der Waals surface area contributed by atoms with Crippen molar-refractivity contribution in [2.75, 3.05) is 6.54 Å². The van der Waals surface area contributed by atoms with E-state index in [1.165, 1.54) is 0 Å². The third-order valence-electron chi connectivity index (χ3n) is 3.35. The summed E-state index contributed by atoms with van der Waals surface area (Å²) in [6, 6.07) is -0.552. The quantitative estimate of drug-likeness (QED) is 0.710.